The first-order chi connectivity index (χ1) is 16.4. The summed E-state index contributed by atoms with van der Waals surface area (Å²) in [6.07, 6.45) is 4.43. The van der Waals surface area contributed by atoms with E-state index < -0.39 is 5.91 Å². The zero-order valence-corrected chi connectivity index (χ0v) is 19.5. The largest absolute Gasteiger partial charge is 0.474 e. The minimum Gasteiger partial charge on any atom is -0.474 e. The first-order valence-electron chi connectivity index (χ1n) is 10.8. The van der Waals surface area contributed by atoms with Crippen LogP contribution in [0.5, 0.6) is 5.88 Å². The number of nitrogens with zero attached hydrogens (tertiary/aromatic N) is 3. The van der Waals surface area contributed by atoms with Gasteiger partial charge in [-0.25, -0.2) is 4.98 Å². The van der Waals surface area contributed by atoms with E-state index >= 15 is 0 Å². The number of benzene rings is 1. The van der Waals surface area contributed by atoms with Crippen molar-refractivity contribution < 1.29 is 23.5 Å². The number of hydrogen-bond acceptors (Lipinski definition) is 9. The van der Waals surface area contributed by atoms with Crippen molar-refractivity contribution >= 4 is 40.9 Å². The monoisotopic (exact) mass is 485 g/mol. The summed E-state index contributed by atoms with van der Waals surface area (Å²) < 4.78 is 16.1. The fourth-order valence-corrected chi connectivity index (χ4v) is 3.80. The number of anilines is 3. The number of aromatic nitrogens is 3. The van der Waals surface area contributed by atoms with Crippen LogP contribution < -0.4 is 15.4 Å². The van der Waals surface area contributed by atoms with Gasteiger partial charge in [-0.05, 0) is 56.4 Å². The molecule has 0 bridgehead atoms. The average Bonchev–Trinajstić information content (AvgIpc) is 3.31. The van der Waals surface area contributed by atoms with Crippen molar-refractivity contribution in [2.45, 2.75) is 38.7 Å². The lowest BCUT2D eigenvalue weighted by Crippen LogP contribution is -2.28. The van der Waals surface area contributed by atoms with Crippen LogP contribution in [0.1, 0.15) is 41.9 Å². The van der Waals surface area contributed by atoms with E-state index in [4.69, 9.17) is 25.5 Å². The van der Waals surface area contributed by atoms with Gasteiger partial charge in [0.05, 0.1) is 24.9 Å². The Balaban J connectivity index is 1.28. The highest BCUT2D eigenvalue weighted by Gasteiger charge is 2.28. The Labute approximate surface area is 201 Å². The minimum atomic E-state index is -0.570. The summed E-state index contributed by atoms with van der Waals surface area (Å²) in [6, 6.07) is 8.79. The van der Waals surface area contributed by atoms with Crippen LogP contribution in [-0.2, 0) is 9.53 Å². The third-order valence-electron chi connectivity index (χ3n) is 5.53. The van der Waals surface area contributed by atoms with Crippen LogP contribution in [0.15, 0.2) is 40.9 Å². The van der Waals surface area contributed by atoms with E-state index in [1.165, 1.54) is 13.3 Å². The maximum Gasteiger partial charge on any atom is 0.320 e. The third-order valence-corrected chi connectivity index (χ3v) is 5.94. The quantitative estimate of drug-likeness (QED) is 0.463. The van der Waals surface area contributed by atoms with E-state index in [1.807, 2.05) is 19.1 Å². The van der Waals surface area contributed by atoms with Crippen molar-refractivity contribution in [3.05, 3.63) is 53.0 Å². The number of esters is 1. The molecule has 34 heavy (non-hydrogen) atoms. The van der Waals surface area contributed by atoms with E-state index in [1.54, 1.807) is 18.2 Å². The highest BCUT2D eigenvalue weighted by molar-refractivity contribution is 6.31. The number of hydrogen-bond donors (Lipinski definition) is 2. The molecule has 0 aliphatic heterocycles. The van der Waals surface area contributed by atoms with Gasteiger partial charge in [0.2, 0.25) is 5.88 Å². The second kappa shape index (κ2) is 10.5. The first-order valence-corrected chi connectivity index (χ1v) is 11.2. The van der Waals surface area contributed by atoms with Crippen LogP contribution in [-0.4, -0.2) is 40.3 Å². The highest BCUT2D eigenvalue weighted by atomic mass is 35.5. The predicted octanol–water partition coefficient (Wildman–Crippen LogP) is 4.53. The summed E-state index contributed by atoms with van der Waals surface area (Å²) in [4.78, 5) is 28.3. The molecule has 0 spiro atoms. The molecule has 1 fully saturated rings. The van der Waals surface area contributed by atoms with Crippen LogP contribution in [0.2, 0.25) is 5.02 Å². The van der Waals surface area contributed by atoms with Gasteiger partial charge in [-0.3, -0.25) is 9.59 Å². The summed E-state index contributed by atoms with van der Waals surface area (Å²) >= 11 is 6.11. The van der Waals surface area contributed by atoms with Gasteiger partial charge in [0.25, 0.3) is 0 Å². The topological polar surface area (TPSA) is 128 Å². The molecule has 3 aromatic rings. The van der Waals surface area contributed by atoms with Gasteiger partial charge in [0.15, 0.2) is 0 Å². The average molecular weight is 486 g/mol. The van der Waals surface area contributed by atoms with E-state index in [0.29, 0.717) is 22.3 Å². The predicted molar refractivity (Wildman–Crippen MR) is 124 cm³/mol. The molecular formula is C23H24ClN5O5. The molecular weight excluding hydrogens is 462 g/mol. The molecule has 1 saturated carbocycles. The lowest BCUT2D eigenvalue weighted by atomic mass is 9.87. The van der Waals surface area contributed by atoms with Crippen molar-refractivity contribution in [3.63, 3.8) is 0 Å². The molecule has 2 heterocycles. The molecule has 1 aliphatic rings. The Bertz CT molecular complexity index is 1160. The standard InChI is InChI=1S/C23H24ClN5O5/c1-13-3-6-15(11-18(13)24)27-23-29-28-21(34-23)20(30)26-16-7-10-19(25-12-16)33-17-8-4-14(5-9-17)22(31)32-2/h3,6-7,10-12,14,17H,4-5,8-9H2,1-2H3,(H,26,30)(H,27,29)/t14-,17+. The Morgan fingerprint density at radius 2 is 1.85 bits per heavy atom. The van der Waals surface area contributed by atoms with Crippen LogP contribution >= 0.6 is 11.6 Å². The molecule has 11 heteroatoms. The molecule has 1 aromatic carbocycles. The Hall–Kier alpha value is -3.66. The summed E-state index contributed by atoms with van der Waals surface area (Å²) in [6.45, 7) is 1.90. The third kappa shape index (κ3) is 5.82. The lowest BCUT2D eigenvalue weighted by molar-refractivity contribution is -0.147. The molecule has 178 valence electrons. The lowest BCUT2D eigenvalue weighted by Gasteiger charge is -2.27. The smallest absolute Gasteiger partial charge is 0.320 e. The van der Waals surface area contributed by atoms with Gasteiger partial charge in [-0.1, -0.05) is 22.8 Å². The van der Waals surface area contributed by atoms with E-state index in [0.717, 1.165) is 31.2 Å². The number of rotatable bonds is 7. The van der Waals surface area contributed by atoms with Gasteiger partial charge in [0.1, 0.15) is 6.10 Å². The van der Waals surface area contributed by atoms with Crippen molar-refractivity contribution in [3.8, 4) is 5.88 Å². The Morgan fingerprint density at radius 3 is 2.53 bits per heavy atom. The summed E-state index contributed by atoms with van der Waals surface area (Å²) in [7, 11) is 1.41. The number of ether oxygens (including phenoxy) is 2. The number of methoxy groups -OCH3 is 1. The molecule has 4 rings (SSSR count). The number of nitrogens with one attached hydrogen (secondary N) is 2. The summed E-state index contributed by atoms with van der Waals surface area (Å²) in [5.41, 5.74) is 2.04. The number of pyridine rings is 1. The molecule has 2 N–H and O–H groups in total. The molecule has 10 nitrogen and oxygen atoms in total. The van der Waals surface area contributed by atoms with Crippen molar-refractivity contribution in [2.75, 3.05) is 17.7 Å². The van der Waals surface area contributed by atoms with Crippen molar-refractivity contribution in [1.82, 2.24) is 15.2 Å². The maximum absolute atomic E-state index is 12.4. The molecule has 1 amide bonds. The number of aryl methyl sites for hydroxylation is 1. The zero-order chi connectivity index (χ0) is 24.1. The number of carbonyl (C=O) groups is 2. The van der Waals surface area contributed by atoms with Crippen LogP contribution in [0.4, 0.5) is 17.4 Å². The summed E-state index contributed by atoms with van der Waals surface area (Å²) in [5, 5.41) is 13.8. The normalized spacial score (nSPS) is 17.6. The Morgan fingerprint density at radius 1 is 1.09 bits per heavy atom. The molecule has 0 radical (unpaired) electrons. The van der Waals surface area contributed by atoms with Gasteiger partial charge in [0, 0.05) is 16.8 Å². The SMILES string of the molecule is COC(=O)[C@H]1CC[C@@H](Oc2ccc(NC(=O)c3nnc(Nc4ccc(C)c(Cl)c4)o3)cn2)CC1. The summed E-state index contributed by atoms with van der Waals surface area (Å²) in [5.74, 6) is -0.561. The molecule has 0 saturated heterocycles. The fourth-order valence-electron chi connectivity index (χ4n) is 3.62. The van der Waals surface area contributed by atoms with Gasteiger partial charge in [-0.15, -0.1) is 5.10 Å². The molecule has 1 aliphatic carbocycles. The van der Waals surface area contributed by atoms with Crippen LogP contribution in [0.3, 0.4) is 0 Å². The number of amides is 1. The molecule has 0 unspecified atom stereocenters. The second-order valence-corrected chi connectivity index (χ2v) is 8.36. The van der Waals surface area contributed by atoms with Gasteiger partial charge < -0.3 is 24.5 Å². The minimum absolute atomic E-state index is 0.0124. The highest BCUT2D eigenvalue weighted by Crippen LogP contribution is 2.28. The molecule has 2 aromatic heterocycles. The number of halogens is 1. The Kier molecular flexibility index (Phi) is 7.27. The van der Waals surface area contributed by atoms with Crippen molar-refractivity contribution in [1.29, 1.82) is 0 Å². The van der Waals surface area contributed by atoms with Crippen LogP contribution in [0.25, 0.3) is 0 Å². The van der Waals surface area contributed by atoms with Gasteiger partial charge in [-0.2, -0.15) is 0 Å². The first kappa shape index (κ1) is 23.5. The van der Waals surface area contributed by atoms with Gasteiger partial charge >= 0.3 is 23.8 Å². The fraction of sp³-hybridized carbons (Fsp3) is 0.348. The zero-order valence-electron chi connectivity index (χ0n) is 18.7. The van der Waals surface area contributed by atoms with E-state index in [9.17, 15) is 9.59 Å². The van der Waals surface area contributed by atoms with E-state index in [2.05, 4.69) is 25.8 Å². The second-order valence-electron chi connectivity index (χ2n) is 7.96. The molecule has 0 atom stereocenters. The van der Waals surface area contributed by atoms with Crippen molar-refractivity contribution in [2.24, 2.45) is 5.92 Å². The van der Waals surface area contributed by atoms with E-state index in [-0.39, 0.29) is 29.9 Å². The number of carbonyl (C=O) groups excluding carboxylic acids is 2. The maximum atomic E-state index is 12.4. The van der Waals surface area contributed by atoms with Crippen LogP contribution in [0, 0.1) is 12.8 Å².